The maximum atomic E-state index is 4.57. The first-order valence-corrected chi connectivity index (χ1v) is 6.56. The summed E-state index contributed by atoms with van der Waals surface area (Å²) in [7, 11) is 1.88. The van der Waals surface area contributed by atoms with E-state index in [1.807, 2.05) is 36.2 Å². The molecule has 0 amide bonds. The zero-order valence-corrected chi connectivity index (χ0v) is 11.0. The van der Waals surface area contributed by atoms with E-state index >= 15 is 0 Å². The highest BCUT2D eigenvalue weighted by Crippen LogP contribution is 2.24. The van der Waals surface area contributed by atoms with Gasteiger partial charge >= 0.3 is 0 Å². The maximum absolute atomic E-state index is 4.57. The molecule has 0 spiro atoms. The van der Waals surface area contributed by atoms with Crippen LogP contribution in [0.15, 0.2) is 23.7 Å². The Morgan fingerprint density at radius 2 is 2.22 bits per heavy atom. The van der Waals surface area contributed by atoms with Gasteiger partial charge in [-0.1, -0.05) is 0 Å². The molecule has 0 atom stereocenters. The van der Waals surface area contributed by atoms with Gasteiger partial charge in [0.25, 0.3) is 0 Å². The number of nitrogens with one attached hydrogen (secondary N) is 1. The predicted octanol–water partition coefficient (Wildman–Crippen LogP) is 2.29. The van der Waals surface area contributed by atoms with Gasteiger partial charge in [-0.15, -0.1) is 11.3 Å². The van der Waals surface area contributed by atoms with Gasteiger partial charge in [-0.2, -0.15) is 5.10 Å². The van der Waals surface area contributed by atoms with Gasteiger partial charge < -0.3 is 5.32 Å². The van der Waals surface area contributed by atoms with E-state index in [1.165, 1.54) is 0 Å². The quantitative estimate of drug-likeness (QED) is 0.784. The van der Waals surface area contributed by atoms with Crippen molar-refractivity contribution in [2.24, 2.45) is 0 Å². The molecule has 92 valence electrons. The first kappa shape index (κ1) is 11.2. The Balaban J connectivity index is 2.04. The van der Waals surface area contributed by atoms with Gasteiger partial charge in [-0.05, 0) is 24.4 Å². The molecule has 6 heteroatoms. The Morgan fingerprint density at radius 1 is 1.33 bits per heavy atom. The summed E-state index contributed by atoms with van der Waals surface area (Å²) in [6.07, 6.45) is 1.79. The molecule has 0 unspecified atom stereocenters. The molecular formula is C12H13N5S. The second-order valence-corrected chi connectivity index (χ2v) is 4.90. The number of nitrogens with zero attached hydrogens (tertiary/aromatic N) is 4. The zero-order chi connectivity index (χ0) is 12.5. The van der Waals surface area contributed by atoms with E-state index < -0.39 is 0 Å². The molecule has 5 nitrogen and oxygen atoms in total. The summed E-state index contributed by atoms with van der Waals surface area (Å²) < 4.78 is 1.90. The molecule has 0 bridgehead atoms. The molecular weight excluding hydrogens is 246 g/mol. The van der Waals surface area contributed by atoms with Crippen LogP contribution in [0.4, 0.5) is 5.82 Å². The van der Waals surface area contributed by atoms with Crippen LogP contribution in [0.5, 0.6) is 0 Å². The van der Waals surface area contributed by atoms with Crippen molar-refractivity contribution in [2.75, 3.05) is 12.4 Å². The summed E-state index contributed by atoms with van der Waals surface area (Å²) in [5.41, 5.74) is 1.11. The molecule has 0 aromatic carbocycles. The van der Waals surface area contributed by atoms with E-state index in [-0.39, 0.29) is 0 Å². The number of rotatable bonds is 3. The highest BCUT2D eigenvalue weighted by atomic mass is 32.1. The summed E-state index contributed by atoms with van der Waals surface area (Å²) in [6.45, 7) is 2.62. The third-order valence-corrected chi connectivity index (χ3v) is 3.63. The molecule has 18 heavy (non-hydrogen) atoms. The molecule has 0 saturated carbocycles. The van der Waals surface area contributed by atoms with E-state index in [0.29, 0.717) is 6.54 Å². The highest BCUT2D eigenvalue weighted by Gasteiger charge is 2.09. The van der Waals surface area contributed by atoms with Crippen LogP contribution in [0, 0.1) is 6.92 Å². The smallest absolute Gasteiger partial charge is 0.153 e. The van der Waals surface area contributed by atoms with E-state index in [4.69, 9.17) is 0 Å². The molecule has 0 aliphatic rings. The predicted molar refractivity (Wildman–Crippen MR) is 73.0 cm³/mol. The number of thiophene rings is 1. The Labute approximate surface area is 109 Å². The largest absolute Gasteiger partial charge is 0.372 e. The fourth-order valence-corrected chi connectivity index (χ4v) is 2.64. The van der Waals surface area contributed by atoms with Gasteiger partial charge in [0.15, 0.2) is 5.82 Å². The number of aromatic nitrogens is 4. The van der Waals surface area contributed by atoms with Crippen LogP contribution in [-0.2, 0) is 6.54 Å². The second kappa shape index (κ2) is 4.38. The average Bonchev–Trinajstić information content (AvgIpc) is 2.98. The minimum Gasteiger partial charge on any atom is -0.372 e. The molecule has 3 aromatic heterocycles. The lowest BCUT2D eigenvalue weighted by Crippen LogP contribution is -2.08. The minimum absolute atomic E-state index is 0.599. The van der Waals surface area contributed by atoms with Crippen LogP contribution >= 0.6 is 11.3 Å². The van der Waals surface area contributed by atoms with Gasteiger partial charge in [-0.3, -0.25) is 4.68 Å². The van der Waals surface area contributed by atoms with Crippen LogP contribution in [-0.4, -0.2) is 26.8 Å². The van der Waals surface area contributed by atoms with Crippen LogP contribution in [0.3, 0.4) is 0 Å². The number of hydrogen-bond acceptors (Lipinski definition) is 5. The van der Waals surface area contributed by atoms with Crippen LogP contribution in [0.25, 0.3) is 10.2 Å². The van der Waals surface area contributed by atoms with E-state index in [1.54, 1.807) is 17.5 Å². The molecule has 3 heterocycles. The fourth-order valence-electron chi connectivity index (χ4n) is 1.86. The van der Waals surface area contributed by atoms with Crippen LogP contribution < -0.4 is 5.32 Å². The summed E-state index contributed by atoms with van der Waals surface area (Å²) in [5.74, 6) is 1.65. The number of aryl methyl sites for hydroxylation is 1. The van der Waals surface area contributed by atoms with Gasteiger partial charge in [0.05, 0.1) is 5.39 Å². The third kappa shape index (κ3) is 1.84. The highest BCUT2D eigenvalue weighted by molar-refractivity contribution is 7.16. The van der Waals surface area contributed by atoms with E-state index in [0.717, 1.165) is 27.6 Å². The van der Waals surface area contributed by atoms with Crippen molar-refractivity contribution in [2.45, 2.75) is 13.5 Å². The van der Waals surface area contributed by atoms with Gasteiger partial charge in [0.2, 0.25) is 0 Å². The number of fused-ring (bicyclic) bond motifs is 1. The van der Waals surface area contributed by atoms with Gasteiger partial charge in [-0.25, -0.2) is 9.97 Å². The fraction of sp³-hybridized carbons (Fsp3) is 0.250. The monoisotopic (exact) mass is 259 g/mol. The SMILES string of the molecule is CNc1nc(Cn2nccc2C)nc2sccc12. The van der Waals surface area contributed by atoms with Crippen molar-refractivity contribution in [3.05, 3.63) is 35.2 Å². The summed E-state index contributed by atoms with van der Waals surface area (Å²) >= 11 is 1.63. The standard InChI is InChI=1S/C12H13N5S/c1-8-3-5-14-17(8)7-10-15-11(13-2)9-4-6-18-12(9)16-10/h3-6H,7H2,1-2H3,(H,13,15,16). The molecule has 0 fully saturated rings. The molecule has 1 N–H and O–H groups in total. The normalized spacial score (nSPS) is 11.0. The van der Waals surface area contributed by atoms with Crippen molar-refractivity contribution in [3.63, 3.8) is 0 Å². The lowest BCUT2D eigenvalue weighted by atomic mass is 10.3. The van der Waals surface area contributed by atoms with Crippen molar-refractivity contribution in [1.82, 2.24) is 19.7 Å². The Morgan fingerprint density at radius 3 is 2.94 bits per heavy atom. The van der Waals surface area contributed by atoms with Crippen molar-refractivity contribution in [3.8, 4) is 0 Å². The molecule has 0 radical (unpaired) electrons. The maximum Gasteiger partial charge on any atom is 0.153 e. The van der Waals surface area contributed by atoms with E-state index in [2.05, 4.69) is 20.4 Å². The van der Waals surface area contributed by atoms with Crippen molar-refractivity contribution >= 4 is 27.4 Å². The Kier molecular flexibility index (Phi) is 2.71. The summed E-state index contributed by atoms with van der Waals surface area (Å²) in [6, 6.07) is 4.01. The van der Waals surface area contributed by atoms with Crippen LogP contribution in [0.1, 0.15) is 11.5 Å². The van der Waals surface area contributed by atoms with Gasteiger partial charge in [0, 0.05) is 18.9 Å². The zero-order valence-electron chi connectivity index (χ0n) is 10.2. The van der Waals surface area contributed by atoms with Gasteiger partial charge in [0.1, 0.15) is 17.2 Å². The topological polar surface area (TPSA) is 55.6 Å². The first-order valence-electron chi connectivity index (χ1n) is 5.68. The number of anilines is 1. The Bertz CT molecular complexity index is 685. The third-order valence-electron chi connectivity index (χ3n) is 2.83. The minimum atomic E-state index is 0.599. The lowest BCUT2D eigenvalue weighted by Gasteiger charge is -2.06. The lowest BCUT2D eigenvalue weighted by molar-refractivity contribution is 0.640. The first-order chi connectivity index (χ1) is 8.78. The van der Waals surface area contributed by atoms with Crippen molar-refractivity contribution < 1.29 is 0 Å². The van der Waals surface area contributed by atoms with Crippen LogP contribution in [0.2, 0.25) is 0 Å². The second-order valence-electron chi connectivity index (χ2n) is 4.01. The van der Waals surface area contributed by atoms with E-state index in [9.17, 15) is 0 Å². The molecule has 3 rings (SSSR count). The number of hydrogen-bond donors (Lipinski definition) is 1. The molecule has 0 saturated heterocycles. The van der Waals surface area contributed by atoms with Crippen molar-refractivity contribution in [1.29, 1.82) is 0 Å². The summed E-state index contributed by atoms with van der Waals surface area (Å²) in [4.78, 5) is 10.1. The molecule has 0 aliphatic carbocycles. The average molecular weight is 259 g/mol. The molecule has 3 aromatic rings. The molecule has 0 aliphatic heterocycles. The Hall–Kier alpha value is -1.95. The summed E-state index contributed by atoms with van der Waals surface area (Å²) in [5, 5.41) is 10.5.